The molecule has 3 N–H and O–H groups in total. The van der Waals surface area contributed by atoms with E-state index in [0.717, 1.165) is 17.7 Å². The van der Waals surface area contributed by atoms with Crippen LogP contribution in [0.4, 0.5) is 15.8 Å². The molecule has 0 spiro atoms. The van der Waals surface area contributed by atoms with Crippen LogP contribution < -0.4 is 10.5 Å². The van der Waals surface area contributed by atoms with Gasteiger partial charge in [-0.2, -0.15) is 0 Å². The van der Waals surface area contributed by atoms with Crippen LogP contribution in [0.15, 0.2) is 41.3 Å². The van der Waals surface area contributed by atoms with Crippen molar-refractivity contribution >= 4 is 33.0 Å². The minimum Gasteiger partial charge on any atom is -0.397 e. The van der Waals surface area contributed by atoms with Crippen LogP contribution in [0.1, 0.15) is 5.56 Å². The normalized spacial score (nSPS) is 11.3. The molecule has 20 heavy (non-hydrogen) atoms. The summed E-state index contributed by atoms with van der Waals surface area (Å²) in [6, 6.07) is 8.00. The van der Waals surface area contributed by atoms with Crippen LogP contribution in [0.3, 0.4) is 0 Å². The summed E-state index contributed by atoms with van der Waals surface area (Å²) in [5, 5.41) is -0.0652. The zero-order chi connectivity index (χ0) is 14.9. The fourth-order valence-corrected chi connectivity index (χ4v) is 3.26. The molecule has 2 aromatic rings. The molecule has 0 amide bonds. The van der Waals surface area contributed by atoms with Gasteiger partial charge < -0.3 is 5.73 Å². The van der Waals surface area contributed by atoms with Crippen molar-refractivity contribution in [2.75, 3.05) is 10.5 Å². The van der Waals surface area contributed by atoms with Crippen LogP contribution in [0.5, 0.6) is 0 Å². The number of sulfonamides is 1. The SMILES string of the molecule is Cc1ccc(NS(=O)(=O)c2cc(F)ccc2Cl)c(N)c1. The fraction of sp³-hybridized carbons (Fsp3) is 0.0769. The highest BCUT2D eigenvalue weighted by atomic mass is 35.5. The van der Waals surface area contributed by atoms with Gasteiger partial charge in [0.25, 0.3) is 10.0 Å². The van der Waals surface area contributed by atoms with E-state index in [1.54, 1.807) is 12.1 Å². The molecule has 0 bridgehead atoms. The van der Waals surface area contributed by atoms with Gasteiger partial charge in [-0.05, 0) is 42.8 Å². The topological polar surface area (TPSA) is 72.2 Å². The van der Waals surface area contributed by atoms with Crippen molar-refractivity contribution in [2.24, 2.45) is 0 Å². The lowest BCUT2D eigenvalue weighted by molar-refractivity contribution is 0.595. The summed E-state index contributed by atoms with van der Waals surface area (Å²) in [6.07, 6.45) is 0. The van der Waals surface area contributed by atoms with E-state index < -0.39 is 15.8 Å². The van der Waals surface area contributed by atoms with Gasteiger partial charge in [-0.25, -0.2) is 12.8 Å². The number of rotatable bonds is 3. The summed E-state index contributed by atoms with van der Waals surface area (Å²) in [6.45, 7) is 1.83. The molecule has 0 atom stereocenters. The van der Waals surface area contributed by atoms with Gasteiger partial charge in [0.15, 0.2) is 0 Å². The first-order valence-electron chi connectivity index (χ1n) is 5.63. The quantitative estimate of drug-likeness (QED) is 0.855. The van der Waals surface area contributed by atoms with Gasteiger partial charge in [0, 0.05) is 0 Å². The van der Waals surface area contributed by atoms with Crippen molar-refractivity contribution < 1.29 is 12.8 Å². The molecule has 2 aromatic carbocycles. The minimum atomic E-state index is -4.00. The monoisotopic (exact) mass is 314 g/mol. The first kappa shape index (κ1) is 14.6. The van der Waals surface area contributed by atoms with Gasteiger partial charge in [-0.15, -0.1) is 0 Å². The second-order valence-electron chi connectivity index (χ2n) is 4.27. The number of anilines is 2. The van der Waals surface area contributed by atoms with Crippen molar-refractivity contribution in [3.63, 3.8) is 0 Å². The van der Waals surface area contributed by atoms with E-state index in [0.29, 0.717) is 0 Å². The Kier molecular flexibility index (Phi) is 3.87. The molecular formula is C13H12ClFN2O2S. The Hall–Kier alpha value is -1.79. The Bertz CT molecular complexity index is 763. The zero-order valence-electron chi connectivity index (χ0n) is 10.5. The Morgan fingerprint density at radius 3 is 2.55 bits per heavy atom. The van der Waals surface area contributed by atoms with Crippen LogP contribution in [0, 0.1) is 12.7 Å². The number of halogens is 2. The smallest absolute Gasteiger partial charge is 0.263 e. The minimum absolute atomic E-state index is 0.0652. The first-order valence-corrected chi connectivity index (χ1v) is 7.50. The number of aryl methyl sites for hydroxylation is 1. The van der Waals surface area contributed by atoms with Gasteiger partial charge in [-0.3, -0.25) is 4.72 Å². The molecule has 4 nitrogen and oxygen atoms in total. The molecule has 0 heterocycles. The summed E-state index contributed by atoms with van der Waals surface area (Å²) in [4.78, 5) is -0.334. The van der Waals surface area contributed by atoms with Crippen molar-refractivity contribution in [1.29, 1.82) is 0 Å². The number of nitrogens with one attached hydrogen (secondary N) is 1. The lowest BCUT2D eigenvalue weighted by Gasteiger charge is -2.12. The molecule has 2 rings (SSSR count). The van der Waals surface area contributed by atoms with E-state index in [1.165, 1.54) is 12.1 Å². The molecule has 0 aliphatic carbocycles. The van der Waals surface area contributed by atoms with Gasteiger partial charge in [0.2, 0.25) is 0 Å². The first-order chi connectivity index (χ1) is 9.29. The van der Waals surface area contributed by atoms with E-state index in [1.807, 2.05) is 6.92 Å². The van der Waals surface area contributed by atoms with E-state index >= 15 is 0 Å². The van der Waals surface area contributed by atoms with E-state index in [9.17, 15) is 12.8 Å². The summed E-state index contributed by atoms with van der Waals surface area (Å²) >= 11 is 5.79. The predicted molar refractivity (Wildman–Crippen MR) is 77.8 cm³/mol. The maximum absolute atomic E-state index is 13.2. The molecule has 0 fully saturated rings. The summed E-state index contributed by atoms with van der Waals surface area (Å²) in [7, 11) is -4.00. The molecule has 7 heteroatoms. The third-order valence-corrected chi connectivity index (χ3v) is 4.48. The van der Waals surface area contributed by atoms with Crippen LogP contribution in [-0.4, -0.2) is 8.42 Å². The Labute approximate surface area is 121 Å². The molecule has 0 aliphatic heterocycles. The summed E-state index contributed by atoms with van der Waals surface area (Å²) < 4.78 is 39.9. The molecule has 0 aliphatic rings. The second-order valence-corrected chi connectivity index (χ2v) is 6.33. The van der Waals surface area contributed by atoms with E-state index in [-0.39, 0.29) is 21.3 Å². The molecule has 0 saturated carbocycles. The van der Waals surface area contributed by atoms with Crippen molar-refractivity contribution in [2.45, 2.75) is 11.8 Å². The second kappa shape index (κ2) is 5.30. The van der Waals surface area contributed by atoms with E-state index in [4.69, 9.17) is 17.3 Å². The third-order valence-electron chi connectivity index (χ3n) is 2.63. The van der Waals surface area contributed by atoms with Crippen molar-refractivity contribution in [3.05, 3.63) is 52.8 Å². The molecule has 0 saturated heterocycles. The maximum atomic E-state index is 13.2. The number of hydrogen-bond donors (Lipinski definition) is 2. The van der Waals surface area contributed by atoms with Crippen LogP contribution >= 0.6 is 11.6 Å². The highest BCUT2D eigenvalue weighted by Gasteiger charge is 2.19. The van der Waals surface area contributed by atoms with E-state index in [2.05, 4.69) is 4.72 Å². The number of benzene rings is 2. The molecule has 0 unspecified atom stereocenters. The van der Waals surface area contributed by atoms with Gasteiger partial charge in [0.05, 0.1) is 16.4 Å². The van der Waals surface area contributed by atoms with Crippen LogP contribution in [0.2, 0.25) is 5.02 Å². The van der Waals surface area contributed by atoms with Gasteiger partial charge in [0.1, 0.15) is 10.7 Å². The Balaban J connectivity index is 2.43. The molecule has 0 radical (unpaired) electrons. The van der Waals surface area contributed by atoms with Crippen molar-refractivity contribution in [1.82, 2.24) is 0 Å². The predicted octanol–water partition coefficient (Wildman–Crippen LogP) is 3.17. The van der Waals surface area contributed by atoms with Crippen molar-refractivity contribution in [3.8, 4) is 0 Å². The lowest BCUT2D eigenvalue weighted by Crippen LogP contribution is -2.15. The number of hydrogen-bond acceptors (Lipinski definition) is 3. The molecule has 106 valence electrons. The standard InChI is InChI=1S/C13H12ClFN2O2S/c1-8-2-5-12(11(16)6-8)17-20(18,19)13-7-9(15)3-4-10(13)14/h2-7,17H,16H2,1H3. The number of nitrogen functional groups attached to an aromatic ring is 1. The lowest BCUT2D eigenvalue weighted by atomic mass is 10.2. The maximum Gasteiger partial charge on any atom is 0.263 e. The molecular weight excluding hydrogens is 303 g/mol. The summed E-state index contributed by atoms with van der Waals surface area (Å²) in [5.74, 6) is -0.688. The highest BCUT2D eigenvalue weighted by Crippen LogP contribution is 2.27. The number of nitrogens with two attached hydrogens (primary N) is 1. The largest absolute Gasteiger partial charge is 0.397 e. The van der Waals surface area contributed by atoms with Gasteiger partial charge in [-0.1, -0.05) is 17.7 Å². The average molecular weight is 315 g/mol. The fourth-order valence-electron chi connectivity index (χ4n) is 1.66. The Morgan fingerprint density at radius 1 is 1.20 bits per heavy atom. The Morgan fingerprint density at radius 2 is 1.90 bits per heavy atom. The zero-order valence-corrected chi connectivity index (χ0v) is 12.1. The molecule has 0 aromatic heterocycles. The average Bonchev–Trinajstić information content (AvgIpc) is 2.35. The van der Waals surface area contributed by atoms with Crippen LogP contribution in [0.25, 0.3) is 0 Å². The van der Waals surface area contributed by atoms with Gasteiger partial charge >= 0.3 is 0 Å². The van der Waals surface area contributed by atoms with Crippen LogP contribution in [-0.2, 0) is 10.0 Å². The third kappa shape index (κ3) is 3.02. The summed E-state index contributed by atoms with van der Waals surface area (Å²) in [5.41, 5.74) is 7.14. The highest BCUT2D eigenvalue weighted by molar-refractivity contribution is 7.92.